The molecule has 2 rings (SSSR count). The summed E-state index contributed by atoms with van der Waals surface area (Å²) in [4.78, 5) is 2.53. The molecule has 1 N–H and O–H groups in total. The van der Waals surface area contributed by atoms with Crippen LogP contribution in [0.2, 0.25) is 0 Å². The van der Waals surface area contributed by atoms with Gasteiger partial charge in [-0.25, -0.2) is 0 Å². The Bertz CT molecular complexity index is 112. The van der Waals surface area contributed by atoms with Crippen LogP contribution in [0, 0.1) is 6.04 Å². The van der Waals surface area contributed by atoms with Crippen molar-refractivity contribution in [3.63, 3.8) is 0 Å². The van der Waals surface area contributed by atoms with E-state index in [4.69, 9.17) is 4.74 Å². The fraction of sp³-hybridized carbons (Fsp3) is 0.889. The molecule has 2 aliphatic rings. The van der Waals surface area contributed by atoms with E-state index in [-0.39, 0.29) is 0 Å². The predicted octanol–water partition coefficient (Wildman–Crippen LogP) is 0.234. The monoisotopic (exact) mass is 169 g/mol. The molecule has 0 aliphatic carbocycles. The van der Waals surface area contributed by atoms with Gasteiger partial charge in [0.1, 0.15) is 0 Å². The number of nitrogens with one attached hydrogen (secondary N) is 1. The van der Waals surface area contributed by atoms with E-state index in [1.807, 2.05) is 0 Å². The number of rotatable bonds is 1. The molecular weight excluding hydrogens is 152 g/mol. The molecule has 0 bridgehead atoms. The second-order valence-electron chi connectivity index (χ2n) is 3.42. The van der Waals surface area contributed by atoms with E-state index in [0.717, 1.165) is 39.1 Å². The van der Waals surface area contributed by atoms with Gasteiger partial charge in [0.2, 0.25) is 0 Å². The van der Waals surface area contributed by atoms with Crippen LogP contribution in [0.1, 0.15) is 12.8 Å². The van der Waals surface area contributed by atoms with E-state index < -0.39 is 0 Å². The highest BCUT2D eigenvalue weighted by Crippen LogP contribution is 2.21. The Balaban J connectivity index is 1.80. The molecule has 0 aromatic heterocycles. The summed E-state index contributed by atoms with van der Waals surface area (Å²) >= 11 is 0. The van der Waals surface area contributed by atoms with E-state index in [0.29, 0.717) is 0 Å². The molecule has 12 heavy (non-hydrogen) atoms. The Hall–Kier alpha value is -0.120. The van der Waals surface area contributed by atoms with Crippen molar-refractivity contribution < 1.29 is 4.74 Å². The maximum Gasteiger partial charge on any atom is 0.0484 e. The number of nitrogens with zero attached hydrogens (tertiary/aromatic N) is 1. The summed E-state index contributed by atoms with van der Waals surface area (Å²) in [5.41, 5.74) is 0. The summed E-state index contributed by atoms with van der Waals surface area (Å²) < 4.78 is 5.33. The van der Waals surface area contributed by atoms with Crippen LogP contribution >= 0.6 is 0 Å². The van der Waals surface area contributed by atoms with E-state index in [1.54, 1.807) is 6.04 Å². The topological polar surface area (TPSA) is 24.5 Å². The number of hydrogen-bond acceptors (Lipinski definition) is 3. The minimum atomic E-state index is 0.930. The average Bonchev–Trinajstić information content (AvgIpc) is 2.21. The van der Waals surface area contributed by atoms with Gasteiger partial charge in [0, 0.05) is 45.4 Å². The van der Waals surface area contributed by atoms with E-state index in [9.17, 15) is 0 Å². The van der Waals surface area contributed by atoms with Gasteiger partial charge < -0.3 is 10.1 Å². The van der Waals surface area contributed by atoms with Crippen LogP contribution in [0.4, 0.5) is 0 Å². The van der Waals surface area contributed by atoms with Gasteiger partial charge in [0.15, 0.2) is 0 Å². The fourth-order valence-corrected chi connectivity index (χ4v) is 1.90. The molecule has 2 fully saturated rings. The SMILES string of the molecule is C1CN([C]2CCOCC2)CCN1. The van der Waals surface area contributed by atoms with Gasteiger partial charge >= 0.3 is 0 Å². The van der Waals surface area contributed by atoms with Crippen molar-refractivity contribution >= 4 is 0 Å². The summed E-state index contributed by atoms with van der Waals surface area (Å²) in [6.45, 7) is 6.53. The second-order valence-corrected chi connectivity index (χ2v) is 3.42. The Morgan fingerprint density at radius 1 is 1.08 bits per heavy atom. The van der Waals surface area contributed by atoms with E-state index >= 15 is 0 Å². The van der Waals surface area contributed by atoms with Gasteiger partial charge in [0.25, 0.3) is 0 Å². The molecule has 2 saturated heterocycles. The standard InChI is InChI=1S/C9H17N2O/c1-7-12-8-2-9(1)11-5-3-10-4-6-11/h10H,1-8H2. The molecule has 0 amide bonds. The summed E-state index contributed by atoms with van der Waals surface area (Å²) in [5, 5.41) is 3.37. The lowest BCUT2D eigenvalue weighted by Gasteiger charge is -2.36. The van der Waals surface area contributed by atoms with Crippen LogP contribution in [0.15, 0.2) is 0 Å². The molecule has 0 unspecified atom stereocenters. The molecule has 0 aromatic carbocycles. The number of piperazine rings is 1. The van der Waals surface area contributed by atoms with Crippen LogP contribution in [0.25, 0.3) is 0 Å². The number of ether oxygens (including phenoxy) is 1. The molecule has 69 valence electrons. The lowest BCUT2D eigenvalue weighted by molar-refractivity contribution is 0.0716. The molecule has 0 atom stereocenters. The van der Waals surface area contributed by atoms with Crippen LogP contribution in [-0.2, 0) is 4.74 Å². The maximum atomic E-state index is 5.33. The Labute approximate surface area is 74.1 Å². The lowest BCUT2D eigenvalue weighted by Crippen LogP contribution is -2.46. The van der Waals surface area contributed by atoms with E-state index in [2.05, 4.69) is 10.2 Å². The van der Waals surface area contributed by atoms with Crippen molar-refractivity contribution in [2.24, 2.45) is 0 Å². The Morgan fingerprint density at radius 2 is 1.75 bits per heavy atom. The number of hydrogen-bond donors (Lipinski definition) is 1. The Morgan fingerprint density at radius 3 is 2.42 bits per heavy atom. The molecule has 0 aromatic rings. The zero-order chi connectivity index (χ0) is 8.23. The van der Waals surface area contributed by atoms with Gasteiger partial charge in [0.05, 0.1) is 0 Å². The van der Waals surface area contributed by atoms with Crippen LogP contribution in [0.5, 0.6) is 0 Å². The van der Waals surface area contributed by atoms with Crippen molar-refractivity contribution in [3.8, 4) is 0 Å². The third-order valence-corrected chi connectivity index (χ3v) is 2.63. The van der Waals surface area contributed by atoms with Gasteiger partial charge in [-0.2, -0.15) is 0 Å². The highest BCUT2D eigenvalue weighted by atomic mass is 16.5. The summed E-state index contributed by atoms with van der Waals surface area (Å²) in [6, 6.07) is 1.61. The first-order chi connectivity index (χ1) is 5.97. The largest absolute Gasteiger partial charge is 0.381 e. The molecule has 1 radical (unpaired) electrons. The first-order valence-corrected chi connectivity index (χ1v) is 4.85. The smallest absolute Gasteiger partial charge is 0.0484 e. The van der Waals surface area contributed by atoms with Crippen molar-refractivity contribution in [2.75, 3.05) is 39.4 Å². The first-order valence-electron chi connectivity index (χ1n) is 4.85. The highest BCUT2D eigenvalue weighted by Gasteiger charge is 2.22. The van der Waals surface area contributed by atoms with Gasteiger partial charge in [-0.3, -0.25) is 4.90 Å². The predicted molar refractivity (Wildman–Crippen MR) is 47.7 cm³/mol. The van der Waals surface area contributed by atoms with Crippen molar-refractivity contribution in [3.05, 3.63) is 6.04 Å². The third-order valence-electron chi connectivity index (χ3n) is 2.63. The van der Waals surface area contributed by atoms with Crippen LogP contribution in [0.3, 0.4) is 0 Å². The zero-order valence-electron chi connectivity index (χ0n) is 7.51. The Kier molecular flexibility index (Phi) is 2.98. The molecule has 0 spiro atoms. The van der Waals surface area contributed by atoms with Crippen LogP contribution in [-0.4, -0.2) is 44.3 Å². The third kappa shape index (κ3) is 1.97. The summed E-state index contributed by atoms with van der Waals surface area (Å²) in [6.07, 6.45) is 2.31. The van der Waals surface area contributed by atoms with Crippen LogP contribution < -0.4 is 5.32 Å². The van der Waals surface area contributed by atoms with Crippen molar-refractivity contribution in [1.29, 1.82) is 0 Å². The van der Waals surface area contributed by atoms with Crippen molar-refractivity contribution in [1.82, 2.24) is 10.2 Å². The highest BCUT2D eigenvalue weighted by molar-refractivity contribution is 4.93. The molecule has 3 nitrogen and oxygen atoms in total. The minimum Gasteiger partial charge on any atom is -0.381 e. The van der Waals surface area contributed by atoms with Gasteiger partial charge in [-0.1, -0.05) is 0 Å². The fourth-order valence-electron chi connectivity index (χ4n) is 1.90. The molecule has 2 heterocycles. The molecule has 3 heteroatoms. The summed E-state index contributed by atoms with van der Waals surface area (Å²) in [5.74, 6) is 0. The van der Waals surface area contributed by atoms with Gasteiger partial charge in [-0.15, -0.1) is 0 Å². The van der Waals surface area contributed by atoms with E-state index in [1.165, 1.54) is 13.1 Å². The minimum absolute atomic E-state index is 0.930. The average molecular weight is 169 g/mol. The molecular formula is C9H17N2O. The van der Waals surface area contributed by atoms with Gasteiger partial charge in [-0.05, 0) is 12.8 Å². The molecule has 2 aliphatic heterocycles. The zero-order valence-corrected chi connectivity index (χ0v) is 7.51. The first kappa shape index (κ1) is 8.48. The quantitative estimate of drug-likeness (QED) is 0.608. The van der Waals surface area contributed by atoms with Crippen molar-refractivity contribution in [2.45, 2.75) is 12.8 Å². The molecule has 0 saturated carbocycles. The maximum absolute atomic E-state index is 5.33. The normalized spacial score (nSPS) is 29.0. The summed E-state index contributed by atoms with van der Waals surface area (Å²) in [7, 11) is 0. The second kappa shape index (κ2) is 4.21. The lowest BCUT2D eigenvalue weighted by atomic mass is 10.1.